The number of phenols is 1. The van der Waals surface area contributed by atoms with Gasteiger partial charge in [-0.1, -0.05) is 36.4 Å². The maximum atomic E-state index is 10.2. The summed E-state index contributed by atoms with van der Waals surface area (Å²) in [7, 11) is 0. The summed E-state index contributed by atoms with van der Waals surface area (Å²) in [6.45, 7) is 3.37. The first kappa shape index (κ1) is 11.9. The summed E-state index contributed by atoms with van der Waals surface area (Å²) in [4.78, 5) is 0. The molecule has 3 heteroatoms. The van der Waals surface area contributed by atoms with Crippen LogP contribution in [0.3, 0.4) is 0 Å². The summed E-state index contributed by atoms with van der Waals surface area (Å²) < 4.78 is 0. The highest BCUT2D eigenvalue weighted by Gasteiger charge is 2.11. The quantitative estimate of drug-likeness (QED) is 0.754. The summed E-state index contributed by atoms with van der Waals surface area (Å²) in [6.07, 6.45) is 0. The second-order valence-corrected chi connectivity index (χ2v) is 4.19. The van der Waals surface area contributed by atoms with Gasteiger partial charge in [-0.15, -0.1) is 0 Å². The van der Waals surface area contributed by atoms with Gasteiger partial charge in [-0.05, 0) is 12.3 Å². The number of fused-ring (bicyclic) bond motifs is 1. The third-order valence-corrected chi connectivity index (χ3v) is 2.99. The van der Waals surface area contributed by atoms with Crippen LogP contribution in [0.1, 0.15) is 18.5 Å². The molecule has 2 rings (SSSR count). The monoisotopic (exact) mass is 230 g/mol. The number of benzene rings is 2. The summed E-state index contributed by atoms with van der Waals surface area (Å²) in [6, 6.07) is 11.9. The van der Waals surface area contributed by atoms with Crippen molar-refractivity contribution in [2.24, 2.45) is 5.73 Å². The second-order valence-electron chi connectivity index (χ2n) is 4.19. The average Bonchev–Trinajstić information content (AvgIpc) is 2.37. The molecule has 17 heavy (non-hydrogen) atoms. The Hall–Kier alpha value is -1.58. The van der Waals surface area contributed by atoms with Crippen molar-refractivity contribution < 1.29 is 5.11 Å². The molecule has 0 saturated carbocycles. The maximum Gasteiger partial charge on any atom is 0.128 e. The molecule has 0 fully saturated rings. The van der Waals surface area contributed by atoms with E-state index in [0.29, 0.717) is 12.3 Å². The summed E-state index contributed by atoms with van der Waals surface area (Å²) in [5.74, 6) is 0.361. The molecule has 2 aromatic rings. The van der Waals surface area contributed by atoms with Gasteiger partial charge in [-0.3, -0.25) is 0 Å². The molecule has 0 aliphatic heterocycles. The minimum absolute atomic E-state index is 0.100. The normalized spacial score (nSPS) is 12.8. The first-order valence-electron chi connectivity index (χ1n) is 5.88. The van der Waals surface area contributed by atoms with E-state index in [4.69, 9.17) is 5.73 Å². The van der Waals surface area contributed by atoms with Crippen LogP contribution in [0, 0.1) is 0 Å². The topological polar surface area (TPSA) is 58.3 Å². The largest absolute Gasteiger partial charge is 0.507 e. The van der Waals surface area contributed by atoms with Gasteiger partial charge < -0.3 is 16.2 Å². The zero-order valence-corrected chi connectivity index (χ0v) is 9.98. The summed E-state index contributed by atoms with van der Waals surface area (Å²) in [5.41, 5.74) is 6.37. The Kier molecular flexibility index (Phi) is 3.61. The van der Waals surface area contributed by atoms with Crippen molar-refractivity contribution in [3.8, 4) is 5.75 Å². The number of hydrogen-bond acceptors (Lipinski definition) is 3. The van der Waals surface area contributed by atoms with E-state index in [2.05, 4.69) is 5.32 Å². The number of nitrogens with one attached hydrogen (secondary N) is 1. The molecule has 0 spiro atoms. The lowest BCUT2D eigenvalue weighted by Gasteiger charge is -2.16. The van der Waals surface area contributed by atoms with E-state index >= 15 is 0 Å². The predicted molar refractivity (Wildman–Crippen MR) is 71.1 cm³/mol. The number of rotatable bonds is 4. The van der Waals surface area contributed by atoms with Gasteiger partial charge in [0.25, 0.3) is 0 Å². The Labute approximate surface area is 101 Å². The van der Waals surface area contributed by atoms with E-state index in [1.807, 2.05) is 43.3 Å². The van der Waals surface area contributed by atoms with Crippen molar-refractivity contribution >= 4 is 10.8 Å². The van der Waals surface area contributed by atoms with Crippen LogP contribution in [0.25, 0.3) is 10.8 Å². The van der Waals surface area contributed by atoms with Gasteiger partial charge in [-0.25, -0.2) is 0 Å². The van der Waals surface area contributed by atoms with E-state index in [9.17, 15) is 5.11 Å². The van der Waals surface area contributed by atoms with Crippen molar-refractivity contribution in [2.75, 3.05) is 13.1 Å². The molecule has 0 aromatic heterocycles. The number of hydrogen-bond donors (Lipinski definition) is 3. The third kappa shape index (κ3) is 2.40. The Morgan fingerprint density at radius 1 is 1.24 bits per heavy atom. The van der Waals surface area contributed by atoms with Crippen LogP contribution in [0.15, 0.2) is 36.4 Å². The first-order chi connectivity index (χ1) is 8.24. The van der Waals surface area contributed by atoms with Crippen LogP contribution in [0.2, 0.25) is 0 Å². The lowest BCUT2D eigenvalue weighted by Crippen LogP contribution is -2.25. The molecule has 0 heterocycles. The van der Waals surface area contributed by atoms with Gasteiger partial charge in [0.05, 0.1) is 0 Å². The lowest BCUT2D eigenvalue weighted by molar-refractivity contribution is 0.459. The van der Waals surface area contributed by atoms with Gasteiger partial charge in [0, 0.05) is 30.1 Å². The summed E-state index contributed by atoms with van der Waals surface area (Å²) in [5, 5.41) is 15.5. The number of nitrogens with two attached hydrogens (primary N) is 1. The van der Waals surface area contributed by atoms with Gasteiger partial charge in [-0.2, -0.15) is 0 Å². The molecule has 0 bridgehead atoms. The molecule has 0 amide bonds. The molecule has 1 unspecified atom stereocenters. The van der Waals surface area contributed by atoms with Crippen molar-refractivity contribution in [3.05, 3.63) is 42.0 Å². The third-order valence-electron chi connectivity index (χ3n) is 2.99. The zero-order chi connectivity index (χ0) is 12.3. The van der Waals surface area contributed by atoms with Gasteiger partial charge in [0.2, 0.25) is 0 Å². The fourth-order valence-electron chi connectivity index (χ4n) is 2.03. The van der Waals surface area contributed by atoms with E-state index < -0.39 is 0 Å². The molecule has 0 aliphatic carbocycles. The zero-order valence-electron chi connectivity index (χ0n) is 9.98. The van der Waals surface area contributed by atoms with Crippen LogP contribution in [-0.4, -0.2) is 18.2 Å². The highest BCUT2D eigenvalue weighted by molar-refractivity contribution is 5.89. The molecule has 4 N–H and O–H groups in total. The summed E-state index contributed by atoms with van der Waals surface area (Å²) >= 11 is 0. The Morgan fingerprint density at radius 3 is 2.76 bits per heavy atom. The fraction of sp³-hybridized carbons (Fsp3) is 0.286. The van der Waals surface area contributed by atoms with Crippen LogP contribution in [0.5, 0.6) is 5.75 Å². The minimum Gasteiger partial charge on any atom is -0.507 e. The molecule has 2 aromatic carbocycles. The Bertz CT molecular complexity index is 511. The lowest BCUT2D eigenvalue weighted by atomic mass is 10.0. The molecule has 0 aliphatic rings. The van der Waals surface area contributed by atoms with Crippen molar-refractivity contribution in [3.63, 3.8) is 0 Å². The van der Waals surface area contributed by atoms with Gasteiger partial charge >= 0.3 is 0 Å². The highest BCUT2D eigenvalue weighted by atomic mass is 16.3. The van der Waals surface area contributed by atoms with E-state index in [1.54, 1.807) is 0 Å². The average molecular weight is 230 g/mol. The van der Waals surface area contributed by atoms with Crippen LogP contribution in [0.4, 0.5) is 0 Å². The van der Waals surface area contributed by atoms with Crippen LogP contribution >= 0.6 is 0 Å². The van der Waals surface area contributed by atoms with Crippen molar-refractivity contribution in [1.82, 2.24) is 5.32 Å². The van der Waals surface area contributed by atoms with Gasteiger partial charge in [0.1, 0.15) is 5.75 Å². The van der Waals surface area contributed by atoms with Gasteiger partial charge in [0.15, 0.2) is 0 Å². The molecular formula is C14H18N2O. The standard InChI is InChI=1S/C14H18N2O/c1-10(16-9-8-15)12-7-6-11-4-2-3-5-13(11)14(12)17/h2-7,10,16-17H,8-9,15H2,1H3. The van der Waals surface area contributed by atoms with E-state index in [0.717, 1.165) is 22.9 Å². The molecule has 1 atom stereocenters. The van der Waals surface area contributed by atoms with Crippen LogP contribution < -0.4 is 11.1 Å². The maximum absolute atomic E-state index is 10.2. The minimum atomic E-state index is 0.100. The highest BCUT2D eigenvalue weighted by Crippen LogP contribution is 2.32. The second kappa shape index (κ2) is 5.17. The van der Waals surface area contributed by atoms with Crippen LogP contribution in [-0.2, 0) is 0 Å². The predicted octanol–water partition coefficient (Wildman–Crippen LogP) is 2.15. The molecular weight excluding hydrogens is 212 g/mol. The SMILES string of the molecule is CC(NCCN)c1ccc2ccccc2c1O. The molecule has 3 nitrogen and oxygen atoms in total. The Morgan fingerprint density at radius 2 is 2.00 bits per heavy atom. The molecule has 0 radical (unpaired) electrons. The molecule has 0 saturated heterocycles. The first-order valence-corrected chi connectivity index (χ1v) is 5.88. The smallest absolute Gasteiger partial charge is 0.128 e. The number of aromatic hydroxyl groups is 1. The fourth-order valence-corrected chi connectivity index (χ4v) is 2.03. The number of phenolic OH excluding ortho intramolecular Hbond substituents is 1. The van der Waals surface area contributed by atoms with Crippen molar-refractivity contribution in [1.29, 1.82) is 0 Å². The van der Waals surface area contributed by atoms with Crippen molar-refractivity contribution in [2.45, 2.75) is 13.0 Å². The van der Waals surface area contributed by atoms with E-state index in [1.165, 1.54) is 0 Å². The molecule has 90 valence electrons. The van der Waals surface area contributed by atoms with E-state index in [-0.39, 0.29) is 6.04 Å². The Balaban J connectivity index is 2.38.